The predicted molar refractivity (Wildman–Crippen MR) is 123 cm³/mol. The van der Waals surface area contributed by atoms with Crippen molar-refractivity contribution in [3.8, 4) is 0 Å². The van der Waals surface area contributed by atoms with E-state index < -0.39 is 0 Å². The minimum absolute atomic E-state index is 0.121. The largest absolute Gasteiger partial charge is 0.289 e. The molecule has 2 aliphatic rings. The molecule has 156 valence electrons. The normalized spacial score (nSPS) is 20.3. The maximum absolute atomic E-state index is 13.1. The highest BCUT2D eigenvalue weighted by molar-refractivity contribution is 6.12. The second kappa shape index (κ2) is 7.55. The molecule has 2 aliphatic carbocycles. The second-order valence-corrected chi connectivity index (χ2v) is 11.2. The molecule has 29 heavy (non-hydrogen) atoms. The molecule has 2 nitrogen and oxygen atoms in total. The van der Waals surface area contributed by atoms with Crippen molar-refractivity contribution in [3.05, 3.63) is 69.9 Å². The Balaban J connectivity index is 2.58. The maximum Gasteiger partial charge on any atom is 0.186 e. The summed E-state index contributed by atoms with van der Waals surface area (Å²) in [5.41, 5.74) is 4.65. The van der Waals surface area contributed by atoms with E-state index in [2.05, 4.69) is 68.4 Å². The van der Waals surface area contributed by atoms with Gasteiger partial charge in [0.15, 0.2) is 11.6 Å². The van der Waals surface area contributed by atoms with Gasteiger partial charge in [-0.15, -0.1) is 0 Å². The Bertz CT molecular complexity index is 882. The summed E-state index contributed by atoms with van der Waals surface area (Å²) >= 11 is 0. The lowest BCUT2D eigenvalue weighted by Gasteiger charge is -2.31. The fourth-order valence-corrected chi connectivity index (χ4v) is 3.51. The van der Waals surface area contributed by atoms with Gasteiger partial charge in [0, 0.05) is 16.7 Å². The van der Waals surface area contributed by atoms with E-state index in [0.717, 1.165) is 33.4 Å². The van der Waals surface area contributed by atoms with E-state index in [1.165, 1.54) is 0 Å². The van der Waals surface area contributed by atoms with Gasteiger partial charge in [-0.1, -0.05) is 74.5 Å². The van der Waals surface area contributed by atoms with Crippen LogP contribution in [0.25, 0.3) is 0 Å². The monoisotopic (exact) mass is 392 g/mol. The van der Waals surface area contributed by atoms with Crippen molar-refractivity contribution in [1.82, 2.24) is 0 Å². The average molecular weight is 393 g/mol. The number of carbonyl (C=O) groups is 2. The number of hydrogen-bond acceptors (Lipinski definition) is 2. The topological polar surface area (TPSA) is 34.1 Å². The first-order valence-electron chi connectivity index (χ1n) is 10.4. The van der Waals surface area contributed by atoms with Gasteiger partial charge < -0.3 is 0 Å². The first-order chi connectivity index (χ1) is 13.0. The lowest BCUT2D eigenvalue weighted by atomic mass is 9.72. The van der Waals surface area contributed by atoms with Crippen LogP contribution >= 0.6 is 0 Å². The average Bonchev–Trinajstić information content (AvgIpc) is 2.53. The summed E-state index contributed by atoms with van der Waals surface area (Å²) in [6.07, 6.45) is 12.0. The lowest BCUT2D eigenvalue weighted by Crippen LogP contribution is -2.27. The molecule has 0 N–H and O–H groups in total. The molecule has 0 saturated carbocycles. The number of allylic oxidation sites excluding steroid dienone is 12. The van der Waals surface area contributed by atoms with Crippen LogP contribution in [-0.2, 0) is 9.59 Å². The van der Waals surface area contributed by atoms with Crippen LogP contribution in [-0.4, -0.2) is 11.6 Å². The number of ketones is 2. The highest BCUT2D eigenvalue weighted by Gasteiger charge is 2.34. The molecule has 2 rings (SSSR count). The molecule has 0 aromatic rings. The van der Waals surface area contributed by atoms with Crippen molar-refractivity contribution < 1.29 is 9.59 Å². The van der Waals surface area contributed by atoms with Gasteiger partial charge in [-0.25, -0.2) is 0 Å². The summed E-state index contributed by atoms with van der Waals surface area (Å²) in [5.74, 6) is 0.263. The number of carbonyl (C=O) groups excluding carboxylic acids is 2. The molecular formula is C27H36O2. The molecule has 0 aromatic carbocycles. The van der Waals surface area contributed by atoms with Crippen LogP contribution in [0.4, 0.5) is 0 Å². The third kappa shape index (κ3) is 5.23. The van der Waals surface area contributed by atoms with Crippen LogP contribution in [0.3, 0.4) is 0 Å². The van der Waals surface area contributed by atoms with Gasteiger partial charge in [-0.3, -0.25) is 9.59 Å². The smallest absolute Gasteiger partial charge is 0.186 e. The highest BCUT2D eigenvalue weighted by Crippen LogP contribution is 2.39. The zero-order valence-electron chi connectivity index (χ0n) is 19.8. The minimum Gasteiger partial charge on any atom is -0.289 e. The maximum atomic E-state index is 13.1. The van der Waals surface area contributed by atoms with Crippen LogP contribution < -0.4 is 0 Å². The van der Waals surface area contributed by atoms with Crippen LogP contribution in [0.2, 0.25) is 0 Å². The zero-order valence-corrected chi connectivity index (χ0v) is 19.8. The predicted octanol–water partition coefficient (Wildman–Crippen LogP) is 6.87. The quantitative estimate of drug-likeness (QED) is 0.488. The summed E-state index contributed by atoms with van der Waals surface area (Å²) in [7, 11) is 0. The summed E-state index contributed by atoms with van der Waals surface area (Å²) in [6.45, 7) is 20.5. The van der Waals surface area contributed by atoms with Crippen molar-refractivity contribution in [3.63, 3.8) is 0 Å². The van der Waals surface area contributed by atoms with Gasteiger partial charge in [0.25, 0.3) is 0 Å². The molecule has 0 unspecified atom stereocenters. The van der Waals surface area contributed by atoms with Gasteiger partial charge in [0.05, 0.1) is 0 Å². The van der Waals surface area contributed by atoms with Crippen molar-refractivity contribution >= 4 is 11.6 Å². The molecule has 0 spiro atoms. The molecule has 0 radical (unpaired) electrons. The summed E-state index contributed by atoms with van der Waals surface area (Å²) in [5, 5.41) is 0. The van der Waals surface area contributed by atoms with Crippen molar-refractivity contribution in [1.29, 1.82) is 0 Å². The molecule has 0 heterocycles. The molecule has 0 aromatic heterocycles. The van der Waals surface area contributed by atoms with Crippen molar-refractivity contribution in [2.75, 3.05) is 0 Å². The van der Waals surface area contributed by atoms with Gasteiger partial charge in [-0.2, -0.15) is 0 Å². The SMILES string of the molecule is CC1=C/C(=C/C=C2C=C(C(C)(C)C)C(=O)C(C(C)(C)C)=C2)C=C(C(C)(C)C)C1=O. The molecule has 2 heteroatoms. The van der Waals surface area contributed by atoms with Crippen LogP contribution in [0.15, 0.2) is 69.9 Å². The first-order valence-corrected chi connectivity index (χ1v) is 10.4. The third-order valence-electron chi connectivity index (χ3n) is 5.30. The van der Waals surface area contributed by atoms with Crippen LogP contribution in [0.1, 0.15) is 69.2 Å². The van der Waals surface area contributed by atoms with E-state index in [9.17, 15) is 9.59 Å². The number of Topliss-reactive ketones (excluding diaryl/α,β-unsaturated/α-hetero) is 2. The number of rotatable bonds is 1. The molecule has 0 bridgehead atoms. The van der Waals surface area contributed by atoms with Gasteiger partial charge in [0.2, 0.25) is 0 Å². The molecular weight excluding hydrogens is 356 g/mol. The van der Waals surface area contributed by atoms with E-state index >= 15 is 0 Å². The van der Waals surface area contributed by atoms with E-state index in [1.807, 2.05) is 37.3 Å². The molecule has 0 aliphatic heterocycles. The fourth-order valence-electron chi connectivity index (χ4n) is 3.51. The van der Waals surface area contributed by atoms with Gasteiger partial charge in [0.1, 0.15) is 0 Å². The number of hydrogen-bond donors (Lipinski definition) is 0. The molecule has 0 fully saturated rings. The Morgan fingerprint density at radius 3 is 1.21 bits per heavy atom. The van der Waals surface area contributed by atoms with Crippen molar-refractivity contribution in [2.24, 2.45) is 16.2 Å². The summed E-state index contributed by atoms with van der Waals surface area (Å²) in [4.78, 5) is 25.6. The fraction of sp³-hybridized carbons (Fsp3) is 0.481. The van der Waals surface area contributed by atoms with E-state index in [0.29, 0.717) is 0 Å². The van der Waals surface area contributed by atoms with Gasteiger partial charge in [-0.05, 0) is 64.2 Å². The lowest BCUT2D eigenvalue weighted by molar-refractivity contribution is -0.114. The first kappa shape index (κ1) is 23.1. The Morgan fingerprint density at radius 1 is 0.552 bits per heavy atom. The third-order valence-corrected chi connectivity index (χ3v) is 5.30. The Kier molecular flexibility index (Phi) is 6.01. The zero-order chi connectivity index (χ0) is 22.4. The van der Waals surface area contributed by atoms with E-state index in [-0.39, 0.29) is 27.8 Å². The molecule has 0 amide bonds. The van der Waals surface area contributed by atoms with Crippen LogP contribution in [0.5, 0.6) is 0 Å². The van der Waals surface area contributed by atoms with E-state index in [1.54, 1.807) is 0 Å². The summed E-state index contributed by atoms with van der Waals surface area (Å²) < 4.78 is 0. The Morgan fingerprint density at radius 2 is 0.862 bits per heavy atom. The van der Waals surface area contributed by atoms with E-state index in [4.69, 9.17) is 0 Å². The molecule has 0 atom stereocenters. The second-order valence-electron chi connectivity index (χ2n) is 11.2. The standard InChI is InChI=1S/C27H36O2/c1-17-13-18(14-20(23(17)28)25(2,3)4)11-12-19-15-21(26(5,6)7)24(29)22(16-19)27(8,9)10/h11-16H,1-10H3/b18-11-. The summed E-state index contributed by atoms with van der Waals surface area (Å²) in [6, 6.07) is 0. The van der Waals surface area contributed by atoms with Gasteiger partial charge >= 0.3 is 0 Å². The Labute approximate surface area is 176 Å². The minimum atomic E-state index is -0.221. The molecule has 0 saturated heterocycles. The Hall–Kier alpha value is -2.22. The van der Waals surface area contributed by atoms with Crippen molar-refractivity contribution in [2.45, 2.75) is 69.2 Å². The van der Waals surface area contributed by atoms with Crippen LogP contribution in [0, 0.1) is 16.2 Å². The highest BCUT2D eigenvalue weighted by atomic mass is 16.1.